The smallest absolute Gasteiger partial charge is 0.445 e. The standard InChI is InChI=1S/C42H53N3O5P/c1-33(2)45(34(3)4)51(50-31-15-29-43)41(47,28-30-44(51)40(46)49-32-35-16-9-6-10-17-35)26-27-42(36-18-11-7-12-19-36,37-20-13-8-14-21-37)38-22-24-39(48-5)25-23-38/h6-14,16,18-25,33-35,47H,15,17,26-28,30-32H2,1-5H3/q+1/t35?,41-,51?/m1/s1. The summed E-state index contributed by atoms with van der Waals surface area (Å²) in [5.41, 5.74) is 2.58. The van der Waals surface area contributed by atoms with Crippen molar-refractivity contribution in [2.45, 2.75) is 82.6 Å². The quantitative estimate of drug-likeness (QED) is 0.0955. The molecule has 2 unspecified atom stereocenters. The van der Waals surface area contributed by atoms with Crippen molar-refractivity contribution in [3.63, 3.8) is 0 Å². The van der Waals surface area contributed by atoms with Crippen LogP contribution in [0.25, 0.3) is 0 Å². The molecule has 270 valence electrons. The Hall–Kier alpha value is -3.99. The number of allylic oxidation sites excluding steroid dienone is 3. The van der Waals surface area contributed by atoms with Crippen molar-refractivity contribution < 1.29 is 23.9 Å². The molecule has 1 heterocycles. The van der Waals surface area contributed by atoms with Crippen molar-refractivity contribution >= 4 is 13.9 Å². The number of carbonyl (C=O) groups excluding carboxylic acids is 1. The molecule has 5 rings (SSSR count). The number of nitriles is 1. The third-order valence-electron chi connectivity index (χ3n) is 10.2. The normalized spacial score (nSPS) is 21.7. The minimum Gasteiger partial charge on any atom is -0.497 e. The summed E-state index contributed by atoms with van der Waals surface area (Å²) in [6.07, 6.45) is 9.69. The molecule has 1 saturated heterocycles. The lowest BCUT2D eigenvalue weighted by molar-refractivity contribution is 0.0732. The first-order valence-corrected chi connectivity index (χ1v) is 19.7. The minimum atomic E-state index is -3.39. The average Bonchev–Trinajstić information content (AvgIpc) is 3.43. The first-order chi connectivity index (χ1) is 24.6. The molecule has 3 aromatic rings. The van der Waals surface area contributed by atoms with Gasteiger partial charge in [-0.15, -0.1) is 9.34 Å². The van der Waals surface area contributed by atoms with Crippen molar-refractivity contribution in [2.24, 2.45) is 5.92 Å². The van der Waals surface area contributed by atoms with E-state index in [1.54, 1.807) is 11.8 Å². The van der Waals surface area contributed by atoms with Gasteiger partial charge in [-0.3, -0.25) is 0 Å². The van der Waals surface area contributed by atoms with Crippen LogP contribution in [0, 0.1) is 17.2 Å². The SMILES string of the molecule is COc1ccc(C(CC[C@]2(O)CCN(C(=O)OCC3C=CC=CC3)[P+]2(OCCC#N)N(C(C)C)C(C)C)(c2ccccc2)c2ccccc2)cc1. The third-order valence-corrected chi connectivity index (χ3v) is 14.8. The lowest BCUT2D eigenvalue weighted by atomic mass is 9.66. The number of carbonyl (C=O) groups is 1. The lowest BCUT2D eigenvalue weighted by Gasteiger charge is -2.46. The number of hydrogen-bond acceptors (Lipinski definition) is 7. The molecule has 3 aromatic carbocycles. The fourth-order valence-electron chi connectivity index (χ4n) is 7.95. The van der Waals surface area contributed by atoms with Crippen LogP contribution < -0.4 is 4.74 Å². The zero-order chi connectivity index (χ0) is 36.5. The highest BCUT2D eigenvalue weighted by Gasteiger charge is 2.75. The van der Waals surface area contributed by atoms with Crippen LogP contribution in [0.3, 0.4) is 0 Å². The molecule has 3 atom stereocenters. The van der Waals surface area contributed by atoms with Gasteiger partial charge in [0.15, 0.2) is 0 Å². The van der Waals surface area contributed by atoms with Gasteiger partial charge in [-0.1, -0.05) is 97.1 Å². The molecule has 0 spiro atoms. The molecule has 51 heavy (non-hydrogen) atoms. The summed E-state index contributed by atoms with van der Waals surface area (Å²) in [5, 5.41) is 21.6. The molecule has 1 aliphatic carbocycles. The van der Waals surface area contributed by atoms with Crippen LogP contribution in [0.2, 0.25) is 0 Å². The van der Waals surface area contributed by atoms with E-state index >= 15 is 0 Å². The number of rotatable bonds is 15. The van der Waals surface area contributed by atoms with Crippen molar-refractivity contribution in [1.82, 2.24) is 9.34 Å². The molecule has 0 aromatic heterocycles. The van der Waals surface area contributed by atoms with Crippen LogP contribution in [-0.2, 0) is 14.7 Å². The maximum atomic E-state index is 14.3. The topological polar surface area (TPSA) is 95.3 Å². The Morgan fingerprint density at radius 1 is 0.980 bits per heavy atom. The van der Waals surface area contributed by atoms with Gasteiger partial charge in [0.25, 0.3) is 0 Å². The van der Waals surface area contributed by atoms with Gasteiger partial charge < -0.3 is 14.6 Å². The van der Waals surface area contributed by atoms with Crippen molar-refractivity contribution in [1.29, 1.82) is 5.26 Å². The Morgan fingerprint density at radius 2 is 1.59 bits per heavy atom. The van der Waals surface area contributed by atoms with Crippen molar-refractivity contribution in [2.75, 3.05) is 26.9 Å². The molecule has 1 N–H and O–H groups in total. The van der Waals surface area contributed by atoms with E-state index in [1.807, 2.05) is 36.4 Å². The minimum absolute atomic E-state index is 0.0821. The monoisotopic (exact) mass is 710 g/mol. The molecular formula is C42H53N3O5P+. The van der Waals surface area contributed by atoms with Crippen LogP contribution in [-0.4, -0.2) is 64.8 Å². The summed E-state index contributed by atoms with van der Waals surface area (Å²) in [4.78, 5) is 14.3. The Balaban J connectivity index is 1.64. The van der Waals surface area contributed by atoms with E-state index in [-0.39, 0.29) is 44.2 Å². The molecular weight excluding hydrogens is 657 g/mol. The van der Waals surface area contributed by atoms with Gasteiger partial charge in [-0.25, -0.2) is 4.79 Å². The third kappa shape index (κ3) is 7.78. The Morgan fingerprint density at radius 3 is 2.12 bits per heavy atom. The van der Waals surface area contributed by atoms with Gasteiger partial charge in [-0.2, -0.15) is 9.79 Å². The molecule has 2 aliphatic rings. The predicted octanol–water partition coefficient (Wildman–Crippen LogP) is 9.28. The molecule has 9 heteroatoms. The number of aliphatic hydroxyl groups is 1. The van der Waals surface area contributed by atoms with Gasteiger partial charge in [0.2, 0.25) is 5.34 Å². The zero-order valence-corrected chi connectivity index (χ0v) is 31.5. The van der Waals surface area contributed by atoms with Crippen LogP contribution in [0.4, 0.5) is 4.79 Å². The summed E-state index contributed by atoms with van der Waals surface area (Å²) in [7, 11) is -1.72. The van der Waals surface area contributed by atoms with Crippen molar-refractivity contribution in [3.8, 4) is 11.8 Å². The molecule has 0 saturated carbocycles. The molecule has 1 amide bonds. The van der Waals surface area contributed by atoms with Gasteiger partial charge in [-0.05, 0) is 69.4 Å². The van der Waals surface area contributed by atoms with E-state index in [0.717, 1.165) is 28.9 Å². The van der Waals surface area contributed by atoms with Gasteiger partial charge in [0.05, 0.1) is 32.8 Å². The van der Waals surface area contributed by atoms with Crippen LogP contribution in [0.15, 0.2) is 109 Å². The summed E-state index contributed by atoms with van der Waals surface area (Å²) >= 11 is 0. The van der Waals surface area contributed by atoms with Crippen LogP contribution in [0.5, 0.6) is 5.75 Å². The highest BCUT2D eigenvalue weighted by atomic mass is 31.2. The number of hydrogen-bond donors (Lipinski definition) is 1. The number of ether oxygens (including phenoxy) is 2. The lowest BCUT2D eigenvalue weighted by Crippen LogP contribution is -2.51. The Bertz CT molecular complexity index is 1630. The molecule has 1 aliphatic heterocycles. The van der Waals surface area contributed by atoms with E-state index in [9.17, 15) is 15.2 Å². The predicted molar refractivity (Wildman–Crippen MR) is 204 cm³/mol. The number of methoxy groups -OCH3 is 1. The fraction of sp³-hybridized carbons (Fsp3) is 0.429. The average molecular weight is 711 g/mol. The summed E-state index contributed by atoms with van der Waals surface area (Å²) in [6.45, 7) is 8.90. The summed E-state index contributed by atoms with van der Waals surface area (Å²) in [5.74, 6) is 0.846. The van der Waals surface area contributed by atoms with E-state index < -0.39 is 24.6 Å². The first kappa shape index (κ1) is 38.2. The second-order valence-corrected chi connectivity index (χ2v) is 17.1. The Labute approximate surface area is 304 Å². The van der Waals surface area contributed by atoms with Crippen molar-refractivity contribution in [3.05, 3.63) is 126 Å². The maximum absolute atomic E-state index is 14.3. The number of benzene rings is 3. The van der Waals surface area contributed by atoms with Gasteiger partial charge >= 0.3 is 13.9 Å². The molecule has 0 bridgehead atoms. The van der Waals surface area contributed by atoms with E-state index in [4.69, 9.17) is 14.0 Å². The van der Waals surface area contributed by atoms with Crippen LogP contribution >= 0.6 is 7.79 Å². The Kier molecular flexibility index (Phi) is 12.8. The highest BCUT2D eigenvalue weighted by Crippen LogP contribution is 2.80. The van der Waals surface area contributed by atoms with Gasteiger partial charge in [0, 0.05) is 36.3 Å². The second kappa shape index (κ2) is 17.0. The van der Waals surface area contributed by atoms with E-state index in [2.05, 4.69) is 111 Å². The highest BCUT2D eigenvalue weighted by molar-refractivity contribution is 7.69. The summed E-state index contributed by atoms with van der Waals surface area (Å²) < 4.78 is 22.4. The first-order valence-electron chi connectivity index (χ1n) is 18.1. The number of amides is 1. The fourth-order valence-corrected chi connectivity index (χ4v) is 12.6. The second-order valence-electron chi connectivity index (χ2n) is 14.0. The van der Waals surface area contributed by atoms with Gasteiger partial charge in [0.1, 0.15) is 12.4 Å². The largest absolute Gasteiger partial charge is 0.497 e. The van der Waals surface area contributed by atoms with Crippen LogP contribution in [0.1, 0.15) is 76.5 Å². The maximum Gasteiger partial charge on any atom is 0.445 e. The molecule has 8 nitrogen and oxygen atoms in total. The van der Waals surface area contributed by atoms with E-state index in [0.29, 0.717) is 19.3 Å². The van der Waals surface area contributed by atoms with E-state index in [1.165, 1.54) is 0 Å². The zero-order valence-electron chi connectivity index (χ0n) is 30.7. The number of nitrogens with zero attached hydrogens (tertiary/aromatic N) is 3. The molecule has 0 radical (unpaired) electrons. The molecule has 1 fully saturated rings. The summed E-state index contributed by atoms with van der Waals surface area (Å²) in [6, 6.07) is 31.1.